The van der Waals surface area contributed by atoms with Crippen LogP contribution >= 0.6 is 0 Å². The summed E-state index contributed by atoms with van der Waals surface area (Å²) < 4.78 is 16.6. The predicted octanol–water partition coefficient (Wildman–Crippen LogP) is 5.10. The average Bonchev–Trinajstić information content (AvgIpc) is 3.52. The van der Waals surface area contributed by atoms with Gasteiger partial charge in [-0.25, -0.2) is 0 Å². The Kier molecular flexibility index (Phi) is 5.52. The van der Waals surface area contributed by atoms with Gasteiger partial charge in [-0.2, -0.15) is 0 Å². The molecule has 166 valence electrons. The van der Waals surface area contributed by atoms with Crippen molar-refractivity contribution in [1.82, 2.24) is 15.1 Å². The Labute approximate surface area is 191 Å². The van der Waals surface area contributed by atoms with Crippen LogP contribution in [0.5, 0.6) is 11.5 Å². The molecule has 0 saturated heterocycles. The summed E-state index contributed by atoms with van der Waals surface area (Å²) in [4.78, 5) is 14.9. The lowest BCUT2D eigenvalue weighted by molar-refractivity contribution is 0.0752. The molecule has 1 amide bonds. The van der Waals surface area contributed by atoms with Crippen LogP contribution in [0.15, 0.2) is 71.1 Å². The highest BCUT2D eigenvalue weighted by atomic mass is 16.7. The second-order valence-corrected chi connectivity index (χ2v) is 7.86. The summed E-state index contributed by atoms with van der Waals surface area (Å²) in [6.07, 6.45) is 0. The van der Waals surface area contributed by atoms with Crippen molar-refractivity contribution in [1.29, 1.82) is 0 Å². The fourth-order valence-corrected chi connectivity index (χ4v) is 3.68. The summed E-state index contributed by atoms with van der Waals surface area (Å²) in [6, 6.07) is 20.9. The van der Waals surface area contributed by atoms with Gasteiger partial charge in [0.2, 0.25) is 18.6 Å². The smallest absolute Gasteiger partial charge is 0.254 e. The van der Waals surface area contributed by atoms with Crippen molar-refractivity contribution in [2.45, 2.75) is 20.4 Å². The molecule has 1 aromatic heterocycles. The number of ether oxygens (including phenoxy) is 2. The highest BCUT2D eigenvalue weighted by molar-refractivity contribution is 5.94. The molecule has 0 aliphatic carbocycles. The van der Waals surface area contributed by atoms with Crippen LogP contribution < -0.4 is 9.47 Å². The normalized spacial score (nSPS) is 12.1. The highest BCUT2D eigenvalue weighted by Crippen LogP contribution is 2.33. The van der Waals surface area contributed by atoms with Crippen molar-refractivity contribution < 1.29 is 18.7 Å². The Hall–Kier alpha value is -4.13. The number of aromatic nitrogens is 2. The minimum absolute atomic E-state index is 0.0485. The SMILES string of the molecule is CCN(Cc1ccc2c(c1)OCO2)C(=O)c1ccc(-c2nnc(-c3ccc(C)cc3)o2)cc1. The lowest BCUT2D eigenvalue weighted by Gasteiger charge is -2.21. The van der Waals surface area contributed by atoms with Crippen LogP contribution in [0.1, 0.15) is 28.4 Å². The predicted molar refractivity (Wildman–Crippen MR) is 123 cm³/mol. The Morgan fingerprint density at radius 3 is 2.18 bits per heavy atom. The number of fused-ring (bicyclic) bond motifs is 1. The first-order valence-corrected chi connectivity index (χ1v) is 10.8. The van der Waals surface area contributed by atoms with Crippen molar-refractivity contribution in [2.24, 2.45) is 0 Å². The molecule has 0 atom stereocenters. The van der Waals surface area contributed by atoms with Gasteiger partial charge in [0, 0.05) is 29.8 Å². The van der Waals surface area contributed by atoms with E-state index in [4.69, 9.17) is 13.9 Å². The second-order valence-electron chi connectivity index (χ2n) is 7.86. The number of carbonyl (C=O) groups excluding carboxylic acids is 1. The van der Waals surface area contributed by atoms with Crippen LogP contribution in [0.4, 0.5) is 0 Å². The molecular formula is C26H23N3O4. The zero-order valence-electron chi connectivity index (χ0n) is 18.4. The third-order valence-corrected chi connectivity index (χ3v) is 5.58. The maximum Gasteiger partial charge on any atom is 0.254 e. The van der Waals surface area contributed by atoms with Crippen LogP contribution in [-0.4, -0.2) is 34.3 Å². The molecule has 0 radical (unpaired) electrons. The van der Waals surface area contributed by atoms with Gasteiger partial charge in [-0.05, 0) is 67.9 Å². The van der Waals surface area contributed by atoms with Crippen LogP contribution in [0, 0.1) is 6.92 Å². The van der Waals surface area contributed by atoms with E-state index in [1.54, 1.807) is 17.0 Å². The molecule has 1 aliphatic rings. The molecule has 0 unspecified atom stereocenters. The fourth-order valence-electron chi connectivity index (χ4n) is 3.68. The number of nitrogens with zero attached hydrogens (tertiary/aromatic N) is 3. The van der Waals surface area contributed by atoms with E-state index in [0.717, 1.165) is 22.4 Å². The number of amides is 1. The molecule has 7 heteroatoms. The standard InChI is InChI=1S/C26H23N3O4/c1-3-29(15-18-6-13-22-23(14-18)32-16-31-22)26(30)21-11-9-20(10-12-21)25-28-27-24(33-25)19-7-4-17(2)5-8-19/h4-14H,3,15-16H2,1-2H3. The van der Waals surface area contributed by atoms with E-state index in [2.05, 4.69) is 10.2 Å². The largest absolute Gasteiger partial charge is 0.454 e. The molecule has 1 aliphatic heterocycles. The van der Waals surface area contributed by atoms with E-state index >= 15 is 0 Å². The zero-order valence-corrected chi connectivity index (χ0v) is 18.4. The van der Waals surface area contributed by atoms with Gasteiger partial charge in [0.1, 0.15) is 0 Å². The molecule has 0 N–H and O–H groups in total. The zero-order chi connectivity index (χ0) is 22.8. The monoisotopic (exact) mass is 441 g/mol. The number of hydrogen-bond donors (Lipinski definition) is 0. The van der Waals surface area contributed by atoms with Crippen LogP contribution in [0.2, 0.25) is 0 Å². The van der Waals surface area contributed by atoms with Crippen molar-refractivity contribution in [3.05, 3.63) is 83.4 Å². The molecule has 0 spiro atoms. The van der Waals surface area contributed by atoms with Gasteiger partial charge in [-0.15, -0.1) is 10.2 Å². The van der Waals surface area contributed by atoms with Gasteiger partial charge in [-0.1, -0.05) is 23.8 Å². The molecule has 0 saturated carbocycles. The van der Waals surface area contributed by atoms with Crippen LogP contribution in [-0.2, 0) is 6.54 Å². The van der Waals surface area contributed by atoms with Crippen molar-refractivity contribution >= 4 is 5.91 Å². The molecule has 2 heterocycles. The third kappa shape index (κ3) is 4.30. The lowest BCUT2D eigenvalue weighted by atomic mass is 10.1. The van der Waals surface area contributed by atoms with Crippen LogP contribution in [0.25, 0.3) is 22.9 Å². The van der Waals surface area contributed by atoms with E-state index in [0.29, 0.717) is 36.2 Å². The van der Waals surface area contributed by atoms with E-state index in [1.165, 1.54) is 5.56 Å². The van der Waals surface area contributed by atoms with Crippen molar-refractivity contribution in [2.75, 3.05) is 13.3 Å². The van der Waals surface area contributed by atoms with Crippen molar-refractivity contribution in [3.8, 4) is 34.4 Å². The first kappa shape index (κ1) is 20.8. The number of aryl methyl sites for hydroxylation is 1. The van der Waals surface area contributed by atoms with Gasteiger partial charge in [0.15, 0.2) is 11.5 Å². The summed E-state index contributed by atoms with van der Waals surface area (Å²) in [7, 11) is 0. The molecular weight excluding hydrogens is 418 g/mol. The molecule has 0 bridgehead atoms. The summed E-state index contributed by atoms with van der Waals surface area (Å²) in [5.74, 6) is 2.27. The topological polar surface area (TPSA) is 77.7 Å². The van der Waals surface area contributed by atoms with E-state index in [1.807, 2.05) is 68.4 Å². The average molecular weight is 441 g/mol. The first-order valence-electron chi connectivity index (χ1n) is 10.8. The first-order chi connectivity index (χ1) is 16.1. The summed E-state index contributed by atoms with van der Waals surface area (Å²) in [5.41, 5.74) is 4.38. The number of hydrogen-bond acceptors (Lipinski definition) is 6. The van der Waals surface area contributed by atoms with E-state index < -0.39 is 0 Å². The molecule has 33 heavy (non-hydrogen) atoms. The Morgan fingerprint density at radius 1 is 0.879 bits per heavy atom. The molecule has 5 rings (SSSR count). The summed E-state index contributed by atoms with van der Waals surface area (Å²) >= 11 is 0. The summed E-state index contributed by atoms with van der Waals surface area (Å²) in [6.45, 7) is 5.29. The highest BCUT2D eigenvalue weighted by Gasteiger charge is 2.18. The Bertz CT molecular complexity index is 1280. The minimum atomic E-state index is -0.0485. The third-order valence-electron chi connectivity index (χ3n) is 5.58. The minimum Gasteiger partial charge on any atom is -0.454 e. The van der Waals surface area contributed by atoms with E-state index in [9.17, 15) is 4.79 Å². The molecule has 3 aromatic carbocycles. The van der Waals surface area contributed by atoms with Crippen molar-refractivity contribution in [3.63, 3.8) is 0 Å². The maximum absolute atomic E-state index is 13.1. The van der Waals surface area contributed by atoms with Crippen LogP contribution in [0.3, 0.4) is 0 Å². The number of benzene rings is 3. The Balaban J connectivity index is 1.30. The van der Waals surface area contributed by atoms with Gasteiger partial charge < -0.3 is 18.8 Å². The van der Waals surface area contributed by atoms with Gasteiger partial charge in [0.05, 0.1) is 0 Å². The number of rotatable bonds is 6. The lowest BCUT2D eigenvalue weighted by Crippen LogP contribution is -2.30. The second kappa shape index (κ2) is 8.78. The maximum atomic E-state index is 13.1. The van der Waals surface area contributed by atoms with E-state index in [-0.39, 0.29) is 12.7 Å². The Morgan fingerprint density at radius 2 is 1.52 bits per heavy atom. The van der Waals surface area contributed by atoms with Gasteiger partial charge in [0.25, 0.3) is 5.91 Å². The molecule has 0 fully saturated rings. The van der Waals surface area contributed by atoms with Gasteiger partial charge in [-0.3, -0.25) is 4.79 Å². The number of carbonyl (C=O) groups is 1. The fraction of sp³-hybridized carbons (Fsp3) is 0.192. The molecule has 7 nitrogen and oxygen atoms in total. The quantitative estimate of drug-likeness (QED) is 0.414. The summed E-state index contributed by atoms with van der Waals surface area (Å²) in [5, 5.41) is 8.31. The molecule has 4 aromatic rings. The van der Waals surface area contributed by atoms with Gasteiger partial charge >= 0.3 is 0 Å².